The molecule has 0 atom stereocenters. The number of H-pyrrole nitrogens is 1. The first-order valence-corrected chi connectivity index (χ1v) is 12.4. The van der Waals surface area contributed by atoms with Gasteiger partial charge in [-0.3, -0.25) is 9.78 Å². The zero-order valence-corrected chi connectivity index (χ0v) is 21.4. The number of ether oxygens (including phenoxy) is 2. The number of carbonyl (C=O) groups excluding carboxylic acids is 1. The Hall–Kier alpha value is -4.48. The minimum atomic E-state index is -0.851. The molecule has 0 radical (unpaired) electrons. The third-order valence-electron chi connectivity index (χ3n) is 6.21. The van der Waals surface area contributed by atoms with Gasteiger partial charge in [0.05, 0.1) is 35.7 Å². The van der Waals surface area contributed by atoms with Crippen molar-refractivity contribution in [3.8, 4) is 22.6 Å². The largest absolute Gasteiger partial charge is 0.352 e. The SMILES string of the molecule is C=CCNC(=O)C1(C)COC(c2nc(-c3ccc(F)cc3)c(-c3ccnc(NCc4cccnc4)n3)[nH]2)OC1. The Kier molecular flexibility index (Phi) is 7.71. The van der Waals surface area contributed by atoms with E-state index in [-0.39, 0.29) is 24.9 Å². The molecule has 3 N–H and O–H groups in total. The molecular weight excluding hydrogens is 501 g/mol. The van der Waals surface area contributed by atoms with Gasteiger partial charge in [-0.25, -0.2) is 19.3 Å². The Balaban J connectivity index is 1.41. The summed E-state index contributed by atoms with van der Waals surface area (Å²) in [5.74, 6) is 0.290. The zero-order chi connectivity index (χ0) is 27.2. The molecule has 1 aromatic carbocycles. The number of hydrogen-bond acceptors (Lipinski definition) is 8. The summed E-state index contributed by atoms with van der Waals surface area (Å²) in [6.45, 7) is 6.53. The van der Waals surface area contributed by atoms with Gasteiger partial charge in [-0.05, 0) is 48.9 Å². The summed E-state index contributed by atoms with van der Waals surface area (Å²) < 4.78 is 25.6. The van der Waals surface area contributed by atoms with Gasteiger partial charge in [-0.2, -0.15) is 0 Å². The van der Waals surface area contributed by atoms with Crippen LogP contribution in [0.1, 0.15) is 24.6 Å². The molecule has 4 heterocycles. The van der Waals surface area contributed by atoms with E-state index in [9.17, 15) is 9.18 Å². The number of nitrogens with zero attached hydrogens (tertiary/aromatic N) is 4. The maximum Gasteiger partial charge on any atom is 0.230 e. The second kappa shape index (κ2) is 11.5. The fourth-order valence-corrected chi connectivity index (χ4v) is 4.05. The number of hydrogen-bond donors (Lipinski definition) is 3. The van der Waals surface area contributed by atoms with Gasteiger partial charge in [-0.15, -0.1) is 6.58 Å². The maximum atomic E-state index is 13.7. The van der Waals surface area contributed by atoms with Crippen LogP contribution in [-0.4, -0.2) is 50.6 Å². The molecule has 0 unspecified atom stereocenters. The van der Waals surface area contributed by atoms with Crippen molar-refractivity contribution < 1.29 is 18.7 Å². The monoisotopic (exact) mass is 529 g/mol. The first-order chi connectivity index (χ1) is 18.9. The fourth-order valence-electron chi connectivity index (χ4n) is 4.05. The summed E-state index contributed by atoms with van der Waals surface area (Å²) in [4.78, 5) is 33.7. The molecule has 200 valence electrons. The van der Waals surface area contributed by atoms with Crippen molar-refractivity contribution in [2.75, 3.05) is 25.1 Å². The number of carbonyl (C=O) groups is 1. The van der Waals surface area contributed by atoms with Crippen LogP contribution in [0.5, 0.6) is 0 Å². The highest BCUT2D eigenvalue weighted by Gasteiger charge is 2.40. The maximum absolute atomic E-state index is 13.7. The van der Waals surface area contributed by atoms with E-state index < -0.39 is 11.7 Å². The summed E-state index contributed by atoms with van der Waals surface area (Å²) in [6, 6.07) is 11.6. The molecule has 10 nitrogen and oxygen atoms in total. The predicted molar refractivity (Wildman–Crippen MR) is 143 cm³/mol. The summed E-state index contributed by atoms with van der Waals surface area (Å²) >= 11 is 0. The highest BCUT2D eigenvalue weighted by Crippen LogP contribution is 2.35. The second-order valence-electron chi connectivity index (χ2n) is 9.35. The van der Waals surface area contributed by atoms with Crippen LogP contribution < -0.4 is 10.6 Å². The minimum absolute atomic E-state index is 0.137. The molecule has 1 aliphatic heterocycles. The van der Waals surface area contributed by atoms with Crippen LogP contribution in [0, 0.1) is 11.2 Å². The van der Waals surface area contributed by atoms with E-state index in [1.165, 1.54) is 12.1 Å². The molecule has 1 saturated heterocycles. The molecule has 1 fully saturated rings. The summed E-state index contributed by atoms with van der Waals surface area (Å²) in [5.41, 5.74) is 2.52. The molecular formula is C28H28FN7O3. The molecule has 4 aromatic rings. The van der Waals surface area contributed by atoms with Crippen LogP contribution in [0.4, 0.5) is 10.3 Å². The van der Waals surface area contributed by atoms with Gasteiger partial charge in [0.25, 0.3) is 0 Å². The quantitative estimate of drug-likeness (QED) is 0.277. The first kappa shape index (κ1) is 26.1. The molecule has 39 heavy (non-hydrogen) atoms. The summed E-state index contributed by atoms with van der Waals surface area (Å²) in [6.07, 6.45) is 5.91. The van der Waals surface area contributed by atoms with E-state index in [1.807, 2.05) is 12.1 Å². The Morgan fingerprint density at radius 2 is 1.97 bits per heavy atom. The van der Waals surface area contributed by atoms with Gasteiger partial charge in [0, 0.05) is 37.2 Å². The first-order valence-electron chi connectivity index (χ1n) is 12.4. The van der Waals surface area contributed by atoms with Gasteiger partial charge in [0.15, 0.2) is 5.82 Å². The normalized spacial score (nSPS) is 18.9. The summed E-state index contributed by atoms with van der Waals surface area (Å²) in [7, 11) is 0. The Morgan fingerprint density at radius 3 is 2.69 bits per heavy atom. The van der Waals surface area contributed by atoms with Crippen LogP contribution in [-0.2, 0) is 20.8 Å². The number of anilines is 1. The highest BCUT2D eigenvalue weighted by molar-refractivity contribution is 5.82. The smallest absolute Gasteiger partial charge is 0.230 e. The Morgan fingerprint density at radius 1 is 1.18 bits per heavy atom. The van der Waals surface area contributed by atoms with Crippen molar-refractivity contribution in [2.24, 2.45) is 5.41 Å². The average molecular weight is 530 g/mol. The van der Waals surface area contributed by atoms with E-state index in [0.717, 1.165) is 5.56 Å². The van der Waals surface area contributed by atoms with Gasteiger partial charge in [0.1, 0.15) is 5.82 Å². The lowest BCUT2D eigenvalue weighted by Crippen LogP contribution is -2.48. The van der Waals surface area contributed by atoms with Crippen LogP contribution in [0.2, 0.25) is 0 Å². The molecule has 11 heteroatoms. The van der Waals surface area contributed by atoms with E-state index >= 15 is 0 Å². The second-order valence-corrected chi connectivity index (χ2v) is 9.35. The lowest BCUT2D eigenvalue weighted by molar-refractivity contribution is -0.230. The molecule has 0 spiro atoms. The highest BCUT2D eigenvalue weighted by atomic mass is 19.1. The van der Waals surface area contributed by atoms with Gasteiger partial charge in [0.2, 0.25) is 18.1 Å². The van der Waals surface area contributed by atoms with Crippen molar-refractivity contribution >= 4 is 11.9 Å². The number of benzene rings is 1. The zero-order valence-electron chi connectivity index (χ0n) is 21.4. The van der Waals surface area contributed by atoms with Crippen molar-refractivity contribution in [3.63, 3.8) is 0 Å². The number of amides is 1. The lowest BCUT2D eigenvalue weighted by atomic mass is 9.91. The van der Waals surface area contributed by atoms with Gasteiger partial charge in [-0.1, -0.05) is 12.1 Å². The van der Waals surface area contributed by atoms with Crippen molar-refractivity contribution in [2.45, 2.75) is 19.8 Å². The number of nitrogens with one attached hydrogen (secondary N) is 3. The van der Waals surface area contributed by atoms with Crippen LogP contribution in [0.25, 0.3) is 22.6 Å². The molecule has 3 aromatic heterocycles. The van der Waals surface area contributed by atoms with E-state index in [4.69, 9.17) is 14.5 Å². The van der Waals surface area contributed by atoms with Crippen LogP contribution in [0.3, 0.4) is 0 Å². The molecule has 5 rings (SSSR count). The number of halogens is 1. The van der Waals surface area contributed by atoms with Crippen molar-refractivity contribution in [3.05, 3.63) is 90.9 Å². The molecule has 1 amide bonds. The number of imidazole rings is 1. The molecule has 0 aliphatic carbocycles. The average Bonchev–Trinajstić information content (AvgIpc) is 3.42. The number of aromatic nitrogens is 5. The van der Waals surface area contributed by atoms with Gasteiger partial charge >= 0.3 is 0 Å². The molecule has 1 aliphatic rings. The predicted octanol–water partition coefficient (Wildman–Crippen LogP) is 4.03. The number of rotatable bonds is 9. The fraction of sp³-hybridized carbons (Fsp3) is 0.250. The van der Waals surface area contributed by atoms with E-state index in [0.29, 0.717) is 47.5 Å². The number of aromatic amines is 1. The van der Waals surface area contributed by atoms with E-state index in [1.54, 1.807) is 49.8 Å². The standard InChI is InChI=1S/C28H28FN7O3/c1-3-11-31-26(37)28(2)16-38-25(39-17-28)24-35-22(19-6-8-20(29)9-7-19)23(36-24)21-10-13-32-27(34-21)33-15-18-5-4-12-30-14-18/h3-10,12-14,25H,1,11,15-17H2,2H3,(H,31,37)(H,35,36)(H,32,33,34). The third-order valence-corrected chi connectivity index (χ3v) is 6.21. The lowest BCUT2D eigenvalue weighted by Gasteiger charge is -2.35. The molecule has 0 bridgehead atoms. The Bertz CT molecular complexity index is 1440. The third kappa shape index (κ3) is 6.00. The van der Waals surface area contributed by atoms with Crippen LogP contribution in [0.15, 0.2) is 73.7 Å². The number of pyridine rings is 1. The van der Waals surface area contributed by atoms with Crippen molar-refractivity contribution in [1.82, 2.24) is 30.2 Å². The van der Waals surface area contributed by atoms with Gasteiger partial charge < -0.3 is 25.1 Å². The molecule has 0 saturated carbocycles. The Labute approximate surface area is 224 Å². The van der Waals surface area contributed by atoms with Crippen molar-refractivity contribution in [1.29, 1.82) is 0 Å². The van der Waals surface area contributed by atoms with Crippen LogP contribution >= 0.6 is 0 Å². The van der Waals surface area contributed by atoms with E-state index in [2.05, 4.69) is 37.1 Å². The minimum Gasteiger partial charge on any atom is -0.352 e. The topological polar surface area (TPSA) is 127 Å². The summed E-state index contributed by atoms with van der Waals surface area (Å²) in [5, 5.41) is 5.99.